The van der Waals surface area contributed by atoms with Gasteiger partial charge in [-0.15, -0.1) is 4.90 Å². The van der Waals surface area contributed by atoms with Gasteiger partial charge in [0.05, 0.1) is 55.9 Å². The first kappa shape index (κ1) is 66.3. The number of hydrogen-bond acceptors (Lipinski definition) is 23. The molecule has 0 spiro atoms. The van der Waals surface area contributed by atoms with Gasteiger partial charge in [-0.05, 0) is 87.8 Å². The largest absolute Gasteiger partial charge is 0.444 e. The number of carbonyl (C=O) groups is 3. The van der Waals surface area contributed by atoms with Crippen LogP contribution >= 0.6 is 11.6 Å². The quantitative estimate of drug-likeness (QED) is 0.0774. The fraction of sp³-hybridized carbons (Fsp3) is 0.596. The van der Waals surface area contributed by atoms with Gasteiger partial charge >= 0.3 is 30.6 Å². The molecule has 0 saturated carbocycles. The number of anilines is 5. The molecule has 3 aliphatic rings. The lowest BCUT2D eigenvalue weighted by Crippen LogP contribution is -2.49. The number of fused-ring (bicyclic) bond motifs is 2. The van der Waals surface area contributed by atoms with Gasteiger partial charge in [0.1, 0.15) is 29.9 Å². The van der Waals surface area contributed by atoms with Crippen LogP contribution in [0, 0.1) is 0 Å². The van der Waals surface area contributed by atoms with E-state index in [1.54, 1.807) is 67.2 Å². The molecule has 0 aliphatic carbocycles. The molecule has 9 heterocycles. The second-order valence-corrected chi connectivity index (χ2v) is 26.0. The molecule has 0 aromatic carbocycles. The Morgan fingerprint density at radius 3 is 1.49 bits per heavy atom. The number of nitrogens with zero attached hydrogens (tertiary/aromatic N) is 17. The second-order valence-electron chi connectivity index (χ2n) is 23.7. The highest BCUT2D eigenvalue weighted by molar-refractivity contribution is 7.88. The molecule has 6 aromatic heterocycles. The standard InChI is InChI=1S/C26H32ClF3N8O5.C26H35F3N10O5S/c1-14-12-41-9-8-36(14)18-16-19(37(20(27)33-16)13-26(28,29)30)35-17(34-18)15-10-31-21(32-11-15)38(22(39)42-24(2,3)4)23(40)43-25(5,6)7;1-16-14-43-11-10-38(16)20-18-21(34-19(33-20)17-12-30-22(31-13-17)35-24(40)44-25(2,3)4)39(15-26(27,28)29)23(32-18)36-6-8-37(9-7-36)45(5,41)42/h10-11,14H,8-9,12-13H2,1-7H3;12-13,16H,6-11,14-15H2,1-5H3,(H,30,31,35,40)/t14-;16-/m00/s1. The first-order valence-electron chi connectivity index (χ1n) is 27.5. The van der Waals surface area contributed by atoms with E-state index < -0.39 is 75.8 Å². The van der Waals surface area contributed by atoms with Crippen LogP contribution < -0.4 is 24.9 Å². The minimum absolute atomic E-state index is 0.0113. The number of alkyl halides is 6. The molecular formula is C52H67ClF6N18O10S. The number of hydrogen-bond donors (Lipinski definition) is 1. The molecule has 3 saturated heterocycles. The van der Waals surface area contributed by atoms with Gasteiger partial charge in [0, 0.05) is 64.1 Å². The van der Waals surface area contributed by atoms with Crippen LogP contribution in [-0.4, -0.2) is 203 Å². The number of piperazine rings is 1. The average Bonchev–Trinajstić information content (AvgIpc) is 2.04. The summed E-state index contributed by atoms with van der Waals surface area (Å²) in [4.78, 5) is 87.6. The van der Waals surface area contributed by atoms with Gasteiger partial charge in [0.15, 0.2) is 45.6 Å². The summed E-state index contributed by atoms with van der Waals surface area (Å²) in [5.41, 5.74) is -2.11. The highest BCUT2D eigenvalue weighted by atomic mass is 35.5. The van der Waals surface area contributed by atoms with E-state index in [4.69, 9.17) is 40.3 Å². The Kier molecular flexibility index (Phi) is 19.2. The summed E-state index contributed by atoms with van der Waals surface area (Å²) in [6.07, 6.45) is -5.86. The third kappa shape index (κ3) is 16.7. The number of morpholine rings is 2. The molecule has 3 aliphatic heterocycles. The van der Waals surface area contributed by atoms with Crippen molar-refractivity contribution in [1.29, 1.82) is 0 Å². The van der Waals surface area contributed by atoms with Crippen molar-refractivity contribution >= 4 is 91.7 Å². The number of ether oxygens (including phenoxy) is 5. The maximum absolute atomic E-state index is 14.0. The second kappa shape index (κ2) is 25.5. The Labute approximate surface area is 506 Å². The molecule has 88 heavy (non-hydrogen) atoms. The molecule has 3 fully saturated rings. The van der Waals surface area contributed by atoms with Crippen molar-refractivity contribution in [2.24, 2.45) is 0 Å². The zero-order chi connectivity index (χ0) is 64.6. The third-order valence-electron chi connectivity index (χ3n) is 12.8. The third-order valence-corrected chi connectivity index (χ3v) is 14.4. The van der Waals surface area contributed by atoms with Crippen molar-refractivity contribution in [3.63, 3.8) is 0 Å². The number of sulfonamides is 1. The number of carbonyl (C=O) groups excluding carboxylic acids is 3. The Morgan fingerprint density at radius 1 is 0.625 bits per heavy atom. The summed E-state index contributed by atoms with van der Waals surface area (Å²) in [5.74, 6) is 0.197. The molecule has 6 aromatic rings. The maximum atomic E-state index is 14.0. The van der Waals surface area contributed by atoms with Gasteiger partial charge in [0.25, 0.3) is 0 Å². The number of amides is 3. The Morgan fingerprint density at radius 2 is 1.06 bits per heavy atom. The van der Waals surface area contributed by atoms with Crippen LogP contribution in [0.3, 0.4) is 0 Å². The molecule has 9 rings (SSSR count). The van der Waals surface area contributed by atoms with Crippen LogP contribution in [0.25, 0.3) is 45.1 Å². The average molecular weight is 1290 g/mol. The van der Waals surface area contributed by atoms with Crippen molar-refractivity contribution in [2.45, 2.75) is 130 Å². The molecule has 36 heteroatoms. The van der Waals surface area contributed by atoms with Crippen LogP contribution in [0.5, 0.6) is 0 Å². The summed E-state index contributed by atoms with van der Waals surface area (Å²) in [6, 6.07) is -0.350. The van der Waals surface area contributed by atoms with E-state index in [0.717, 1.165) is 15.4 Å². The number of rotatable bonds is 10. The molecule has 0 bridgehead atoms. The fourth-order valence-corrected chi connectivity index (χ4v) is 10.1. The monoisotopic (exact) mass is 1280 g/mol. The van der Waals surface area contributed by atoms with Crippen LogP contribution in [-0.2, 0) is 46.8 Å². The van der Waals surface area contributed by atoms with E-state index in [1.165, 1.54) is 29.1 Å². The summed E-state index contributed by atoms with van der Waals surface area (Å²) in [5, 5.41) is 2.03. The van der Waals surface area contributed by atoms with Gasteiger partial charge in [0.2, 0.25) is 33.2 Å². The topological polar surface area (TPSA) is 298 Å². The number of imide groups is 1. The summed E-state index contributed by atoms with van der Waals surface area (Å²) < 4.78 is 136. The SMILES string of the molecule is C[C@H]1COCCN1c1nc(-c2cnc(N(C(=O)OC(C)(C)C)C(=O)OC(C)(C)C)nc2)nc2c1nc(Cl)n2CC(F)(F)F.C[C@H]1COCCN1c1nc(-c2cnc(NC(=O)OC(C)(C)C)nc2)nc2c1nc(N1CCN(S(C)(=O)=O)CC1)n2CC(F)(F)F. The van der Waals surface area contributed by atoms with Gasteiger partial charge in [-0.1, -0.05) is 0 Å². The van der Waals surface area contributed by atoms with E-state index in [9.17, 15) is 49.1 Å². The van der Waals surface area contributed by atoms with E-state index in [1.807, 2.05) is 23.6 Å². The van der Waals surface area contributed by atoms with E-state index in [-0.39, 0.29) is 107 Å². The molecule has 2 atom stereocenters. The van der Waals surface area contributed by atoms with Crippen molar-refractivity contribution in [3.8, 4) is 22.8 Å². The predicted molar refractivity (Wildman–Crippen MR) is 309 cm³/mol. The van der Waals surface area contributed by atoms with E-state index in [0.29, 0.717) is 50.2 Å². The van der Waals surface area contributed by atoms with Gasteiger partial charge in [-0.25, -0.2) is 72.6 Å². The van der Waals surface area contributed by atoms with Crippen LogP contribution in [0.1, 0.15) is 76.2 Å². The van der Waals surface area contributed by atoms with Gasteiger partial charge in [-0.3, -0.25) is 14.5 Å². The first-order chi connectivity index (χ1) is 40.8. The highest BCUT2D eigenvalue weighted by Gasteiger charge is 2.39. The Hall–Kier alpha value is -7.63. The Balaban J connectivity index is 0.000000228. The molecule has 28 nitrogen and oxygen atoms in total. The normalized spacial score (nSPS) is 17.6. The van der Waals surface area contributed by atoms with Crippen molar-refractivity contribution in [3.05, 3.63) is 30.1 Å². The summed E-state index contributed by atoms with van der Waals surface area (Å²) >= 11 is 6.15. The molecule has 1 N–H and O–H groups in total. The lowest BCUT2D eigenvalue weighted by Gasteiger charge is -2.34. The van der Waals surface area contributed by atoms with Crippen LogP contribution in [0.2, 0.25) is 5.28 Å². The first-order valence-corrected chi connectivity index (χ1v) is 29.7. The number of imidazole rings is 2. The van der Waals surface area contributed by atoms with E-state index >= 15 is 0 Å². The molecule has 3 amide bonds. The lowest BCUT2D eigenvalue weighted by atomic mass is 10.2. The minimum Gasteiger partial charge on any atom is -0.444 e. The number of nitrogens with one attached hydrogen (secondary N) is 1. The van der Waals surface area contributed by atoms with Crippen LogP contribution in [0.15, 0.2) is 24.8 Å². The predicted octanol–water partition coefficient (Wildman–Crippen LogP) is 7.90. The lowest BCUT2D eigenvalue weighted by molar-refractivity contribution is -0.140. The minimum atomic E-state index is -4.62. The van der Waals surface area contributed by atoms with Crippen molar-refractivity contribution < 1.29 is 72.8 Å². The highest BCUT2D eigenvalue weighted by Crippen LogP contribution is 2.37. The summed E-state index contributed by atoms with van der Waals surface area (Å²) in [7, 11) is -3.46. The molecule has 480 valence electrons. The van der Waals surface area contributed by atoms with Crippen LogP contribution in [0.4, 0.5) is 70.2 Å². The Bertz CT molecular complexity index is 3600. The fourth-order valence-electron chi connectivity index (χ4n) is 9.09. The summed E-state index contributed by atoms with van der Waals surface area (Å²) in [6.45, 7) is 18.6. The van der Waals surface area contributed by atoms with Crippen molar-refractivity contribution in [1.82, 2.24) is 63.3 Å². The maximum Gasteiger partial charge on any atom is 0.427 e. The molecule has 0 radical (unpaired) electrons. The number of aromatic nitrogens is 12. The van der Waals surface area contributed by atoms with Crippen molar-refractivity contribution in [2.75, 3.05) is 96.9 Å². The van der Waals surface area contributed by atoms with Gasteiger partial charge < -0.3 is 38.4 Å². The van der Waals surface area contributed by atoms with Gasteiger partial charge in [-0.2, -0.15) is 30.6 Å². The smallest absolute Gasteiger partial charge is 0.427 e. The van der Waals surface area contributed by atoms with E-state index in [2.05, 4.69) is 50.2 Å². The molecular weight excluding hydrogens is 1220 g/mol. The zero-order valence-electron chi connectivity index (χ0n) is 50.2. The number of halogens is 7. The molecule has 0 unspecified atom stereocenters. The zero-order valence-corrected chi connectivity index (χ0v) is 51.8.